The van der Waals surface area contributed by atoms with Gasteiger partial charge in [-0.25, -0.2) is 0 Å². The Morgan fingerprint density at radius 2 is 2.06 bits per heavy atom. The number of halogens is 2. The topological polar surface area (TPSA) is 57.6 Å². The van der Waals surface area contributed by atoms with Crippen molar-refractivity contribution in [2.24, 2.45) is 5.92 Å². The van der Waals surface area contributed by atoms with Crippen LogP contribution >= 0.6 is 31.9 Å². The maximum absolute atomic E-state index is 12.2. The molecule has 1 fully saturated rings. The van der Waals surface area contributed by atoms with Crippen LogP contribution < -0.4 is 0 Å². The number of benzene rings is 1. The summed E-state index contributed by atoms with van der Waals surface area (Å²) < 4.78 is 1.59. The van der Waals surface area contributed by atoms with E-state index in [-0.39, 0.29) is 12.5 Å². The second-order valence-corrected chi connectivity index (χ2v) is 5.97. The second-order valence-electron chi connectivity index (χ2n) is 4.20. The Hall–Kier alpha value is -0.880. The van der Waals surface area contributed by atoms with Crippen molar-refractivity contribution in [3.05, 3.63) is 32.7 Å². The minimum Gasteiger partial charge on any atom is -0.481 e. The van der Waals surface area contributed by atoms with Gasteiger partial charge in [0.05, 0.1) is 11.5 Å². The molecule has 1 aliphatic heterocycles. The molecule has 0 bridgehead atoms. The van der Waals surface area contributed by atoms with E-state index >= 15 is 0 Å². The van der Waals surface area contributed by atoms with Gasteiger partial charge in [0.1, 0.15) is 0 Å². The van der Waals surface area contributed by atoms with Crippen molar-refractivity contribution in [2.75, 3.05) is 13.1 Å². The van der Waals surface area contributed by atoms with Crippen molar-refractivity contribution in [2.45, 2.75) is 6.42 Å². The predicted molar refractivity (Wildman–Crippen MR) is 73.5 cm³/mol. The Bertz CT molecular complexity index is 504. The summed E-state index contributed by atoms with van der Waals surface area (Å²) in [5, 5.41) is 8.92. The summed E-state index contributed by atoms with van der Waals surface area (Å²) in [4.78, 5) is 24.7. The third-order valence-corrected chi connectivity index (χ3v) is 4.14. The largest absolute Gasteiger partial charge is 0.481 e. The number of likely N-dealkylation sites (tertiary alicyclic amines) is 1. The predicted octanol–water partition coefficient (Wildman–Crippen LogP) is 2.76. The summed E-state index contributed by atoms with van der Waals surface area (Å²) in [6.45, 7) is 0.787. The third kappa shape index (κ3) is 2.75. The highest BCUT2D eigenvalue weighted by molar-refractivity contribution is 9.11. The number of aliphatic carboxylic acids is 1. The van der Waals surface area contributed by atoms with Crippen molar-refractivity contribution in [3.63, 3.8) is 0 Å². The number of hydrogen-bond donors (Lipinski definition) is 1. The van der Waals surface area contributed by atoms with Crippen LogP contribution in [0.2, 0.25) is 0 Å². The Morgan fingerprint density at radius 3 is 2.61 bits per heavy atom. The number of carbonyl (C=O) groups is 2. The summed E-state index contributed by atoms with van der Waals surface area (Å²) in [7, 11) is 0. The van der Waals surface area contributed by atoms with E-state index in [4.69, 9.17) is 5.11 Å². The molecule has 96 valence electrons. The lowest BCUT2D eigenvalue weighted by Crippen LogP contribution is -2.30. The molecule has 1 aromatic rings. The highest BCUT2D eigenvalue weighted by Gasteiger charge is 2.31. The van der Waals surface area contributed by atoms with Gasteiger partial charge in [-0.05, 0) is 40.5 Å². The fourth-order valence-corrected chi connectivity index (χ4v) is 3.20. The van der Waals surface area contributed by atoms with Crippen LogP contribution in [0.4, 0.5) is 0 Å². The van der Waals surface area contributed by atoms with E-state index in [1.807, 2.05) is 0 Å². The Balaban J connectivity index is 2.15. The second kappa shape index (κ2) is 5.40. The standard InChI is InChI=1S/C12H11Br2NO3/c13-8-1-2-9(10(14)5-8)11(16)15-4-3-7(6-15)12(17)18/h1-2,5,7H,3-4,6H2,(H,17,18). The first-order valence-corrected chi connectivity index (χ1v) is 7.05. The van der Waals surface area contributed by atoms with Crippen LogP contribution in [-0.4, -0.2) is 35.0 Å². The molecular weight excluding hydrogens is 366 g/mol. The third-order valence-electron chi connectivity index (χ3n) is 2.99. The number of rotatable bonds is 2. The number of carboxylic acid groups (broad SMARTS) is 1. The lowest BCUT2D eigenvalue weighted by atomic mass is 10.1. The highest BCUT2D eigenvalue weighted by atomic mass is 79.9. The van der Waals surface area contributed by atoms with E-state index in [2.05, 4.69) is 31.9 Å². The van der Waals surface area contributed by atoms with Gasteiger partial charge in [-0.1, -0.05) is 15.9 Å². The monoisotopic (exact) mass is 375 g/mol. The van der Waals surface area contributed by atoms with E-state index in [1.165, 1.54) is 0 Å². The summed E-state index contributed by atoms with van der Waals surface area (Å²) in [6, 6.07) is 5.32. The first-order valence-electron chi connectivity index (χ1n) is 5.46. The number of carbonyl (C=O) groups excluding carboxylic acids is 1. The lowest BCUT2D eigenvalue weighted by molar-refractivity contribution is -0.141. The van der Waals surface area contributed by atoms with Crippen molar-refractivity contribution < 1.29 is 14.7 Å². The van der Waals surface area contributed by atoms with E-state index < -0.39 is 11.9 Å². The molecule has 1 amide bonds. The van der Waals surface area contributed by atoms with E-state index in [0.29, 0.717) is 23.0 Å². The molecule has 1 aromatic carbocycles. The van der Waals surface area contributed by atoms with Gasteiger partial charge in [-0.2, -0.15) is 0 Å². The molecule has 2 rings (SSSR count). The Kier molecular flexibility index (Phi) is 4.07. The molecule has 4 nitrogen and oxygen atoms in total. The van der Waals surface area contributed by atoms with Crippen molar-refractivity contribution in [1.29, 1.82) is 0 Å². The molecule has 1 heterocycles. The highest BCUT2D eigenvalue weighted by Crippen LogP contribution is 2.25. The summed E-state index contributed by atoms with van der Waals surface area (Å²) >= 11 is 6.67. The van der Waals surface area contributed by atoms with Crippen LogP contribution in [0.3, 0.4) is 0 Å². The molecule has 0 spiro atoms. The van der Waals surface area contributed by atoms with Crippen LogP contribution in [0.15, 0.2) is 27.1 Å². The van der Waals surface area contributed by atoms with Crippen LogP contribution in [0.25, 0.3) is 0 Å². The van der Waals surface area contributed by atoms with Crippen LogP contribution in [0.1, 0.15) is 16.8 Å². The molecule has 0 saturated carbocycles. The zero-order valence-electron chi connectivity index (χ0n) is 9.40. The normalized spacial score (nSPS) is 19.0. The summed E-state index contributed by atoms with van der Waals surface area (Å²) in [5.74, 6) is -1.40. The molecule has 6 heteroatoms. The molecule has 1 atom stereocenters. The fourth-order valence-electron chi connectivity index (χ4n) is 1.98. The molecule has 0 radical (unpaired) electrons. The van der Waals surface area contributed by atoms with Crippen molar-refractivity contribution in [1.82, 2.24) is 4.90 Å². The number of carboxylic acids is 1. The minimum absolute atomic E-state index is 0.127. The average molecular weight is 377 g/mol. The zero-order valence-corrected chi connectivity index (χ0v) is 12.6. The molecule has 1 saturated heterocycles. The number of nitrogens with zero attached hydrogens (tertiary/aromatic N) is 1. The van der Waals surface area contributed by atoms with Gasteiger partial charge in [0.15, 0.2) is 0 Å². The quantitative estimate of drug-likeness (QED) is 0.863. The van der Waals surface area contributed by atoms with Gasteiger partial charge in [0, 0.05) is 22.0 Å². The van der Waals surface area contributed by atoms with Crippen molar-refractivity contribution in [3.8, 4) is 0 Å². The minimum atomic E-state index is -0.833. The van der Waals surface area contributed by atoms with Gasteiger partial charge in [0.25, 0.3) is 5.91 Å². The first kappa shape index (κ1) is 13.5. The van der Waals surface area contributed by atoms with E-state index in [0.717, 1.165) is 4.47 Å². The van der Waals surface area contributed by atoms with Crippen molar-refractivity contribution >= 4 is 43.7 Å². The fraction of sp³-hybridized carbons (Fsp3) is 0.333. The molecular formula is C12H11Br2NO3. The van der Waals surface area contributed by atoms with Crippen LogP contribution in [0, 0.1) is 5.92 Å². The van der Waals surface area contributed by atoms with E-state index in [9.17, 15) is 9.59 Å². The number of hydrogen-bond acceptors (Lipinski definition) is 2. The molecule has 1 unspecified atom stereocenters. The maximum atomic E-state index is 12.2. The van der Waals surface area contributed by atoms with Crippen LogP contribution in [-0.2, 0) is 4.79 Å². The zero-order chi connectivity index (χ0) is 13.3. The Labute approximate surface area is 121 Å². The lowest BCUT2D eigenvalue weighted by Gasteiger charge is -2.16. The smallest absolute Gasteiger partial charge is 0.308 e. The number of amides is 1. The Morgan fingerprint density at radius 1 is 1.33 bits per heavy atom. The molecule has 0 aromatic heterocycles. The molecule has 1 N–H and O–H groups in total. The van der Waals surface area contributed by atoms with Gasteiger partial charge < -0.3 is 10.0 Å². The van der Waals surface area contributed by atoms with Gasteiger partial charge in [-0.3, -0.25) is 9.59 Å². The molecule has 18 heavy (non-hydrogen) atoms. The summed E-state index contributed by atoms with van der Waals surface area (Å²) in [5.41, 5.74) is 0.559. The van der Waals surface area contributed by atoms with Crippen LogP contribution in [0.5, 0.6) is 0 Å². The van der Waals surface area contributed by atoms with E-state index in [1.54, 1.807) is 23.1 Å². The van der Waals surface area contributed by atoms with Gasteiger partial charge in [0.2, 0.25) is 0 Å². The SMILES string of the molecule is O=C(O)C1CCN(C(=O)c2ccc(Br)cc2Br)C1. The summed E-state index contributed by atoms with van der Waals surface area (Å²) in [6.07, 6.45) is 0.523. The van der Waals surface area contributed by atoms with Gasteiger partial charge in [-0.15, -0.1) is 0 Å². The maximum Gasteiger partial charge on any atom is 0.308 e. The average Bonchev–Trinajstić information content (AvgIpc) is 2.77. The first-order chi connectivity index (χ1) is 8.49. The van der Waals surface area contributed by atoms with Gasteiger partial charge >= 0.3 is 5.97 Å². The molecule has 1 aliphatic rings. The molecule has 0 aliphatic carbocycles.